The van der Waals surface area contributed by atoms with Crippen molar-refractivity contribution in [2.75, 3.05) is 19.7 Å². The molecular weight excluding hydrogens is 376 g/mol. The van der Waals surface area contributed by atoms with E-state index in [1.54, 1.807) is 0 Å². The highest BCUT2D eigenvalue weighted by atomic mass is 16.5. The van der Waals surface area contributed by atoms with Crippen LogP contribution in [-0.4, -0.2) is 42.5 Å². The zero-order valence-corrected chi connectivity index (χ0v) is 17.1. The largest absolute Gasteiger partial charge is 0.494 e. The molecule has 5 nitrogen and oxygen atoms in total. The lowest BCUT2D eigenvalue weighted by Crippen LogP contribution is -2.46. The third-order valence-corrected chi connectivity index (χ3v) is 5.56. The van der Waals surface area contributed by atoms with Crippen molar-refractivity contribution in [1.82, 2.24) is 10.2 Å². The van der Waals surface area contributed by atoms with Crippen molar-refractivity contribution in [2.24, 2.45) is 0 Å². The van der Waals surface area contributed by atoms with Gasteiger partial charge < -0.3 is 15.0 Å². The van der Waals surface area contributed by atoms with E-state index in [-0.39, 0.29) is 17.9 Å². The molecule has 0 unspecified atom stereocenters. The van der Waals surface area contributed by atoms with Crippen LogP contribution in [0.25, 0.3) is 10.8 Å². The highest BCUT2D eigenvalue weighted by molar-refractivity contribution is 6.07. The monoisotopic (exact) mass is 402 g/mol. The Hall–Kier alpha value is -3.34. The average Bonchev–Trinajstić information content (AvgIpc) is 2.79. The first-order valence-corrected chi connectivity index (χ1v) is 10.5. The number of rotatable bonds is 5. The molecule has 1 N–H and O–H groups in total. The molecule has 4 rings (SSSR count). The van der Waals surface area contributed by atoms with E-state index in [4.69, 9.17) is 4.74 Å². The first kappa shape index (κ1) is 20.0. The maximum absolute atomic E-state index is 12.8. The molecule has 0 aliphatic carbocycles. The van der Waals surface area contributed by atoms with E-state index in [1.807, 2.05) is 78.6 Å². The van der Waals surface area contributed by atoms with Crippen LogP contribution < -0.4 is 10.1 Å². The van der Waals surface area contributed by atoms with Crippen molar-refractivity contribution in [3.63, 3.8) is 0 Å². The van der Waals surface area contributed by atoms with E-state index in [0.29, 0.717) is 30.8 Å². The van der Waals surface area contributed by atoms with Crippen molar-refractivity contribution >= 4 is 22.6 Å². The Kier molecular flexibility index (Phi) is 5.98. The molecule has 1 fully saturated rings. The van der Waals surface area contributed by atoms with Crippen LogP contribution in [0.3, 0.4) is 0 Å². The Labute approximate surface area is 176 Å². The lowest BCUT2D eigenvalue weighted by atomic mass is 10.0. The molecule has 0 bridgehead atoms. The van der Waals surface area contributed by atoms with Crippen LogP contribution in [0.2, 0.25) is 0 Å². The Bertz CT molecular complexity index is 1030. The summed E-state index contributed by atoms with van der Waals surface area (Å²) >= 11 is 0. The van der Waals surface area contributed by atoms with Gasteiger partial charge >= 0.3 is 0 Å². The number of amides is 2. The van der Waals surface area contributed by atoms with Gasteiger partial charge in [-0.25, -0.2) is 0 Å². The Morgan fingerprint density at radius 2 is 1.67 bits per heavy atom. The zero-order chi connectivity index (χ0) is 20.9. The maximum atomic E-state index is 12.8. The molecule has 30 heavy (non-hydrogen) atoms. The molecule has 1 heterocycles. The summed E-state index contributed by atoms with van der Waals surface area (Å²) in [5.74, 6) is 0.740. The van der Waals surface area contributed by atoms with E-state index >= 15 is 0 Å². The molecule has 3 aromatic rings. The predicted octanol–water partition coefficient (Wildman–Crippen LogP) is 4.27. The fourth-order valence-corrected chi connectivity index (χ4v) is 3.96. The number of fused-ring (bicyclic) bond motifs is 1. The summed E-state index contributed by atoms with van der Waals surface area (Å²) in [4.78, 5) is 27.5. The Balaban J connectivity index is 1.35. The number of ether oxygens (including phenoxy) is 1. The maximum Gasteiger partial charge on any atom is 0.253 e. The normalized spacial score (nSPS) is 14.5. The van der Waals surface area contributed by atoms with Crippen LogP contribution in [0.5, 0.6) is 5.75 Å². The molecule has 0 atom stereocenters. The second-order valence-electron chi connectivity index (χ2n) is 7.52. The molecule has 0 radical (unpaired) electrons. The fourth-order valence-electron chi connectivity index (χ4n) is 3.96. The smallest absolute Gasteiger partial charge is 0.253 e. The molecule has 5 heteroatoms. The minimum atomic E-state index is -0.0527. The van der Waals surface area contributed by atoms with Crippen molar-refractivity contribution in [2.45, 2.75) is 25.8 Å². The summed E-state index contributed by atoms with van der Waals surface area (Å²) < 4.78 is 5.44. The van der Waals surface area contributed by atoms with Gasteiger partial charge in [0, 0.05) is 30.3 Å². The molecular formula is C25H26N2O3. The van der Waals surface area contributed by atoms with Gasteiger partial charge in [0.05, 0.1) is 6.61 Å². The number of nitrogens with one attached hydrogen (secondary N) is 1. The van der Waals surface area contributed by atoms with Gasteiger partial charge in [-0.05, 0) is 60.9 Å². The molecule has 1 aliphatic rings. The van der Waals surface area contributed by atoms with Crippen LogP contribution in [0.1, 0.15) is 40.5 Å². The number of carbonyl (C=O) groups is 2. The second-order valence-corrected chi connectivity index (χ2v) is 7.52. The Morgan fingerprint density at radius 3 is 2.40 bits per heavy atom. The van der Waals surface area contributed by atoms with Gasteiger partial charge in [0.2, 0.25) is 0 Å². The average molecular weight is 402 g/mol. The summed E-state index contributed by atoms with van der Waals surface area (Å²) in [6, 6.07) is 21.0. The SMILES string of the molecule is CCOc1ccc(C(=O)N2CCC(NC(=O)c3cccc4ccccc34)CC2)cc1. The van der Waals surface area contributed by atoms with E-state index in [9.17, 15) is 9.59 Å². The second kappa shape index (κ2) is 8.99. The standard InChI is InChI=1S/C25H26N2O3/c1-2-30-21-12-10-19(11-13-21)25(29)27-16-14-20(15-17-27)26-24(28)23-9-5-7-18-6-3-4-8-22(18)23/h3-13,20H,2,14-17H2,1H3,(H,26,28). The van der Waals surface area contributed by atoms with E-state index in [2.05, 4.69) is 5.32 Å². The van der Waals surface area contributed by atoms with Crippen molar-refractivity contribution in [3.05, 3.63) is 77.9 Å². The summed E-state index contributed by atoms with van der Waals surface area (Å²) in [6.07, 6.45) is 1.50. The number of hydrogen-bond donors (Lipinski definition) is 1. The minimum Gasteiger partial charge on any atom is -0.494 e. The number of nitrogens with zero attached hydrogens (tertiary/aromatic N) is 1. The van der Waals surface area contributed by atoms with Crippen LogP contribution in [-0.2, 0) is 0 Å². The van der Waals surface area contributed by atoms with Crippen molar-refractivity contribution < 1.29 is 14.3 Å². The molecule has 1 saturated heterocycles. The van der Waals surface area contributed by atoms with Gasteiger partial charge in [0.1, 0.15) is 5.75 Å². The fraction of sp³-hybridized carbons (Fsp3) is 0.280. The van der Waals surface area contributed by atoms with Crippen LogP contribution in [0.15, 0.2) is 66.7 Å². The van der Waals surface area contributed by atoms with Crippen molar-refractivity contribution in [3.8, 4) is 5.75 Å². The zero-order valence-electron chi connectivity index (χ0n) is 17.1. The van der Waals surface area contributed by atoms with E-state index in [1.165, 1.54) is 0 Å². The van der Waals surface area contributed by atoms with E-state index in [0.717, 1.165) is 29.4 Å². The summed E-state index contributed by atoms with van der Waals surface area (Å²) in [6.45, 7) is 3.80. The third-order valence-electron chi connectivity index (χ3n) is 5.56. The molecule has 1 aliphatic heterocycles. The quantitative estimate of drug-likeness (QED) is 0.693. The van der Waals surface area contributed by atoms with Crippen LogP contribution in [0.4, 0.5) is 0 Å². The summed E-state index contributed by atoms with van der Waals surface area (Å²) in [5, 5.41) is 5.17. The van der Waals surface area contributed by atoms with Gasteiger partial charge in [-0.2, -0.15) is 0 Å². The van der Waals surface area contributed by atoms with Crippen molar-refractivity contribution in [1.29, 1.82) is 0 Å². The first-order valence-electron chi connectivity index (χ1n) is 10.5. The third kappa shape index (κ3) is 4.30. The van der Waals surface area contributed by atoms with E-state index < -0.39 is 0 Å². The number of likely N-dealkylation sites (tertiary alicyclic amines) is 1. The molecule has 3 aromatic carbocycles. The predicted molar refractivity (Wildman–Crippen MR) is 118 cm³/mol. The van der Waals surface area contributed by atoms with Gasteiger partial charge in [-0.15, -0.1) is 0 Å². The number of piperidine rings is 1. The van der Waals surface area contributed by atoms with Gasteiger partial charge in [0.25, 0.3) is 11.8 Å². The van der Waals surface area contributed by atoms with Crippen LogP contribution >= 0.6 is 0 Å². The summed E-state index contributed by atoms with van der Waals surface area (Å²) in [7, 11) is 0. The van der Waals surface area contributed by atoms with Gasteiger partial charge in [-0.1, -0.05) is 36.4 Å². The molecule has 0 saturated carbocycles. The number of carbonyl (C=O) groups excluding carboxylic acids is 2. The highest BCUT2D eigenvalue weighted by Crippen LogP contribution is 2.20. The molecule has 0 spiro atoms. The Morgan fingerprint density at radius 1 is 0.967 bits per heavy atom. The van der Waals surface area contributed by atoms with Gasteiger partial charge in [-0.3, -0.25) is 9.59 Å². The minimum absolute atomic E-state index is 0.0249. The lowest BCUT2D eigenvalue weighted by molar-refractivity contribution is 0.0698. The summed E-state index contributed by atoms with van der Waals surface area (Å²) in [5.41, 5.74) is 1.36. The highest BCUT2D eigenvalue weighted by Gasteiger charge is 2.25. The van der Waals surface area contributed by atoms with Gasteiger partial charge in [0.15, 0.2) is 0 Å². The van der Waals surface area contributed by atoms with Crippen LogP contribution in [0, 0.1) is 0 Å². The number of hydrogen-bond acceptors (Lipinski definition) is 3. The lowest BCUT2D eigenvalue weighted by Gasteiger charge is -2.32. The molecule has 2 amide bonds. The number of benzene rings is 3. The first-order chi connectivity index (χ1) is 14.7. The topological polar surface area (TPSA) is 58.6 Å². The molecule has 0 aromatic heterocycles. The molecule has 154 valence electrons.